The minimum absolute atomic E-state index is 0.124. The molecule has 2 rings (SSSR count). The lowest BCUT2D eigenvalue weighted by Gasteiger charge is -2.25. The van der Waals surface area contributed by atoms with Gasteiger partial charge in [0.05, 0.1) is 19.3 Å². The summed E-state index contributed by atoms with van der Waals surface area (Å²) in [6.07, 6.45) is 0. The van der Waals surface area contributed by atoms with Crippen LogP contribution in [0, 0.1) is 5.92 Å². The zero-order valence-corrected chi connectivity index (χ0v) is 11.2. The van der Waals surface area contributed by atoms with Gasteiger partial charge in [-0.05, 0) is 28.1 Å². The minimum Gasteiger partial charge on any atom is -0.481 e. The maximum atomic E-state index is 12.1. The molecule has 0 spiro atoms. The van der Waals surface area contributed by atoms with E-state index >= 15 is 0 Å². The summed E-state index contributed by atoms with van der Waals surface area (Å²) in [4.78, 5) is 24.5. The fourth-order valence-electron chi connectivity index (χ4n) is 1.91. The summed E-state index contributed by atoms with van der Waals surface area (Å²) in [5.41, 5.74) is 0. The highest BCUT2D eigenvalue weighted by molar-refractivity contribution is 9.10. The summed E-state index contributed by atoms with van der Waals surface area (Å²) in [6.45, 7) is 0.348. The van der Waals surface area contributed by atoms with E-state index in [-0.39, 0.29) is 24.9 Å². The van der Waals surface area contributed by atoms with Crippen LogP contribution in [0.25, 0.3) is 0 Å². The van der Waals surface area contributed by atoms with Gasteiger partial charge in [0.2, 0.25) is 0 Å². The average molecular weight is 318 g/mol. The zero-order valence-electron chi connectivity index (χ0n) is 9.63. The Morgan fingerprint density at radius 2 is 2.17 bits per heavy atom. The average Bonchev–Trinajstić information content (AvgIpc) is 2.95. The van der Waals surface area contributed by atoms with Crippen LogP contribution < -0.4 is 0 Å². The number of furan rings is 1. The van der Waals surface area contributed by atoms with E-state index in [0.717, 1.165) is 0 Å². The van der Waals surface area contributed by atoms with Crippen molar-refractivity contribution in [1.82, 2.24) is 4.90 Å². The highest BCUT2D eigenvalue weighted by atomic mass is 79.9. The Hall–Kier alpha value is -1.34. The SMILES string of the molecule is CN(C(=O)c1ccc(Br)o1)C1COCC1C(=O)O. The first-order valence-corrected chi connectivity index (χ1v) is 6.13. The third-order valence-electron chi connectivity index (χ3n) is 2.97. The Bertz CT molecular complexity index is 472. The second-order valence-electron chi connectivity index (χ2n) is 4.07. The van der Waals surface area contributed by atoms with Crippen molar-refractivity contribution in [3.8, 4) is 0 Å². The molecule has 1 saturated heterocycles. The molecule has 1 N–H and O–H groups in total. The molecule has 18 heavy (non-hydrogen) atoms. The van der Waals surface area contributed by atoms with Gasteiger partial charge in [-0.15, -0.1) is 0 Å². The van der Waals surface area contributed by atoms with Crippen molar-refractivity contribution in [3.05, 3.63) is 22.6 Å². The van der Waals surface area contributed by atoms with Crippen LogP contribution in [0.15, 0.2) is 21.2 Å². The fourth-order valence-corrected chi connectivity index (χ4v) is 2.22. The highest BCUT2D eigenvalue weighted by Gasteiger charge is 2.39. The van der Waals surface area contributed by atoms with Gasteiger partial charge >= 0.3 is 5.97 Å². The van der Waals surface area contributed by atoms with E-state index in [4.69, 9.17) is 14.3 Å². The van der Waals surface area contributed by atoms with Gasteiger partial charge in [0.1, 0.15) is 5.92 Å². The largest absolute Gasteiger partial charge is 0.481 e. The van der Waals surface area contributed by atoms with Crippen LogP contribution in [0.3, 0.4) is 0 Å². The van der Waals surface area contributed by atoms with Gasteiger partial charge in [-0.2, -0.15) is 0 Å². The number of carbonyl (C=O) groups excluding carboxylic acids is 1. The quantitative estimate of drug-likeness (QED) is 0.906. The number of aliphatic carboxylic acids is 1. The molecule has 6 nitrogen and oxygen atoms in total. The molecule has 0 aliphatic carbocycles. The van der Waals surface area contributed by atoms with E-state index in [1.807, 2.05) is 0 Å². The molecule has 0 saturated carbocycles. The standard InChI is InChI=1S/C11H12BrNO5/c1-13(7-5-17-4-6(7)11(15)16)10(14)8-2-3-9(12)18-8/h2-3,6-7H,4-5H2,1H3,(H,15,16). The van der Waals surface area contributed by atoms with Crippen molar-refractivity contribution in [3.63, 3.8) is 0 Å². The number of hydrogen-bond acceptors (Lipinski definition) is 4. The Morgan fingerprint density at radius 3 is 2.72 bits per heavy atom. The predicted molar refractivity (Wildman–Crippen MR) is 64.2 cm³/mol. The Labute approximate surface area is 112 Å². The molecule has 1 amide bonds. The Kier molecular flexibility index (Phi) is 3.72. The number of carboxylic acids is 1. The van der Waals surface area contributed by atoms with E-state index in [1.165, 1.54) is 11.0 Å². The molecule has 1 aromatic heterocycles. The lowest BCUT2D eigenvalue weighted by Crippen LogP contribution is -2.44. The first kappa shape index (κ1) is 13.1. The third kappa shape index (κ3) is 2.41. The van der Waals surface area contributed by atoms with Gasteiger partial charge in [-0.3, -0.25) is 9.59 Å². The lowest BCUT2D eigenvalue weighted by molar-refractivity contribution is -0.142. The number of likely N-dealkylation sites (N-methyl/N-ethyl adjacent to an activating group) is 1. The topological polar surface area (TPSA) is 80.0 Å². The van der Waals surface area contributed by atoms with Gasteiger partial charge in [0.15, 0.2) is 10.4 Å². The highest BCUT2D eigenvalue weighted by Crippen LogP contribution is 2.22. The zero-order chi connectivity index (χ0) is 13.3. The van der Waals surface area contributed by atoms with Crippen LogP contribution in [-0.4, -0.2) is 48.2 Å². The smallest absolute Gasteiger partial charge is 0.311 e. The summed E-state index contributed by atoms with van der Waals surface area (Å²) < 4.78 is 10.7. The minimum atomic E-state index is -0.960. The molecule has 2 heterocycles. The fraction of sp³-hybridized carbons (Fsp3) is 0.455. The molecular formula is C11H12BrNO5. The maximum Gasteiger partial charge on any atom is 0.311 e. The monoisotopic (exact) mass is 317 g/mol. The summed E-state index contributed by atoms with van der Waals surface area (Å²) in [7, 11) is 1.55. The molecule has 98 valence electrons. The maximum absolute atomic E-state index is 12.1. The van der Waals surface area contributed by atoms with Crippen molar-refractivity contribution in [2.45, 2.75) is 6.04 Å². The first-order chi connectivity index (χ1) is 8.50. The second kappa shape index (κ2) is 5.11. The lowest BCUT2D eigenvalue weighted by atomic mass is 10.0. The van der Waals surface area contributed by atoms with E-state index < -0.39 is 17.9 Å². The molecule has 1 aliphatic rings. The molecular weight excluding hydrogens is 306 g/mol. The first-order valence-electron chi connectivity index (χ1n) is 5.33. The molecule has 0 bridgehead atoms. The van der Waals surface area contributed by atoms with Gasteiger partial charge < -0.3 is 19.2 Å². The van der Waals surface area contributed by atoms with Crippen molar-refractivity contribution in [2.75, 3.05) is 20.3 Å². The number of carbonyl (C=O) groups is 2. The molecule has 0 aromatic carbocycles. The van der Waals surface area contributed by atoms with Crippen molar-refractivity contribution in [2.24, 2.45) is 5.92 Å². The van der Waals surface area contributed by atoms with E-state index in [9.17, 15) is 9.59 Å². The number of ether oxygens (including phenoxy) is 1. The normalized spacial score (nSPS) is 23.0. The number of rotatable bonds is 3. The van der Waals surface area contributed by atoms with Crippen LogP contribution in [0.2, 0.25) is 0 Å². The summed E-state index contributed by atoms with van der Waals surface area (Å²) >= 11 is 3.11. The molecule has 7 heteroatoms. The summed E-state index contributed by atoms with van der Waals surface area (Å²) in [5.74, 6) is -1.85. The number of amides is 1. The van der Waals surface area contributed by atoms with Gasteiger partial charge in [-0.1, -0.05) is 0 Å². The van der Waals surface area contributed by atoms with Gasteiger partial charge in [-0.25, -0.2) is 0 Å². The van der Waals surface area contributed by atoms with Crippen molar-refractivity contribution < 1.29 is 23.8 Å². The number of carboxylic acid groups (broad SMARTS) is 1. The van der Waals surface area contributed by atoms with Crippen LogP contribution in [-0.2, 0) is 9.53 Å². The van der Waals surface area contributed by atoms with Crippen LogP contribution >= 0.6 is 15.9 Å². The Balaban J connectivity index is 2.13. The molecule has 0 radical (unpaired) electrons. The van der Waals surface area contributed by atoms with E-state index in [2.05, 4.69) is 15.9 Å². The number of nitrogens with zero attached hydrogens (tertiary/aromatic N) is 1. The van der Waals surface area contributed by atoms with Gasteiger partial charge in [0.25, 0.3) is 5.91 Å². The molecule has 1 aliphatic heterocycles. The van der Waals surface area contributed by atoms with Crippen LogP contribution in [0.5, 0.6) is 0 Å². The Morgan fingerprint density at radius 1 is 1.44 bits per heavy atom. The van der Waals surface area contributed by atoms with Crippen molar-refractivity contribution in [1.29, 1.82) is 0 Å². The van der Waals surface area contributed by atoms with Crippen LogP contribution in [0.1, 0.15) is 10.6 Å². The number of hydrogen-bond donors (Lipinski definition) is 1. The molecule has 2 unspecified atom stereocenters. The van der Waals surface area contributed by atoms with E-state index in [0.29, 0.717) is 4.67 Å². The van der Waals surface area contributed by atoms with E-state index in [1.54, 1.807) is 13.1 Å². The molecule has 2 atom stereocenters. The summed E-state index contributed by atoms with van der Waals surface area (Å²) in [5, 5.41) is 9.04. The van der Waals surface area contributed by atoms with Gasteiger partial charge in [0, 0.05) is 7.05 Å². The van der Waals surface area contributed by atoms with Crippen LogP contribution in [0.4, 0.5) is 0 Å². The molecule has 1 aromatic rings. The molecule has 1 fully saturated rings. The summed E-state index contributed by atoms with van der Waals surface area (Å²) in [6, 6.07) is 2.67. The predicted octanol–water partition coefficient (Wildman–Crippen LogP) is 1.21. The third-order valence-corrected chi connectivity index (χ3v) is 3.40. The van der Waals surface area contributed by atoms with Crippen molar-refractivity contribution >= 4 is 27.8 Å². The second-order valence-corrected chi connectivity index (χ2v) is 4.85. The number of halogens is 1.